The molecule has 0 fully saturated rings. The van der Waals surface area contributed by atoms with Crippen LogP contribution in [0.25, 0.3) is 0 Å². The minimum Gasteiger partial charge on any atom is -0.407 e. The first-order valence-corrected chi connectivity index (χ1v) is 12.2. The third-order valence-electron chi connectivity index (χ3n) is 4.08. The standard InChI is InChI=1S/C15H25F2NO4SSi/c1-15(2,3)24(5,6)22-13(10-21-23(4,19)20)11-7-8-12(14(16)17)18-9-11/h7-9,13-14H,10H2,1-6H3/t13-/m1/s1. The highest BCUT2D eigenvalue weighted by molar-refractivity contribution is 7.85. The van der Waals surface area contributed by atoms with E-state index < -0.39 is 31.0 Å². The Labute approximate surface area is 143 Å². The molecule has 0 saturated carbocycles. The van der Waals surface area contributed by atoms with Gasteiger partial charge < -0.3 is 4.43 Å². The fraction of sp³-hybridized carbons (Fsp3) is 0.667. The van der Waals surface area contributed by atoms with Crippen molar-refractivity contribution in [1.82, 2.24) is 4.98 Å². The van der Waals surface area contributed by atoms with Crippen LogP contribution in [0.15, 0.2) is 18.3 Å². The van der Waals surface area contributed by atoms with Crippen LogP contribution in [0.1, 0.15) is 44.6 Å². The predicted octanol–water partition coefficient (Wildman–Crippen LogP) is 4.06. The van der Waals surface area contributed by atoms with Crippen molar-refractivity contribution in [3.63, 3.8) is 0 Å². The van der Waals surface area contributed by atoms with Crippen molar-refractivity contribution in [2.45, 2.75) is 51.4 Å². The van der Waals surface area contributed by atoms with Gasteiger partial charge in [-0.15, -0.1) is 0 Å². The van der Waals surface area contributed by atoms with Crippen molar-refractivity contribution in [1.29, 1.82) is 0 Å². The zero-order chi connectivity index (χ0) is 18.8. The van der Waals surface area contributed by atoms with Crippen LogP contribution in [-0.2, 0) is 18.7 Å². The molecule has 0 radical (unpaired) electrons. The van der Waals surface area contributed by atoms with E-state index in [0.717, 1.165) is 6.26 Å². The van der Waals surface area contributed by atoms with Crippen molar-refractivity contribution >= 4 is 18.4 Å². The largest absolute Gasteiger partial charge is 0.407 e. The molecule has 1 rings (SSSR count). The van der Waals surface area contributed by atoms with Crippen LogP contribution in [0.2, 0.25) is 18.1 Å². The number of alkyl halides is 2. The number of rotatable bonds is 7. The van der Waals surface area contributed by atoms with Gasteiger partial charge in [-0.2, -0.15) is 8.42 Å². The Kier molecular flexibility index (Phi) is 6.65. The second-order valence-electron chi connectivity index (χ2n) is 7.17. The van der Waals surface area contributed by atoms with E-state index in [9.17, 15) is 17.2 Å². The highest BCUT2D eigenvalue weighted by Gasteiger charge is 2.39. The van der Waals surface area contributed by atoms with Crippen LogP contribution in [0.3, 0.4) is 0 Å². The summed E-state index contributed by atoms with van der Waals surface area (Å²) in [7, 11) is -5.88. The summed E-state index contributed by atoms with van der Waals surface area (Å²) < 4.78 is 58.9. The minimum absolute atomic E-state index is 0.104. The number of hydrogen-bond donors (Lipinski definition) is 0. The lowest BCUT2D eigenvalue weighted by Gasteiger charge is -2.39. The average Bonchev–Trinajstić information content (AvgIpc) is 2.41. The lowest BCUT2D eigenvalue weighted by molar-refractivity contribution is 0.118. The summed E-state index contributed by atoms with van der Waals surface area (Å²) in [4.78, 5) is 3.72. The summed E-state index contributed by atoms with van der Waals surface area (Å²) in [6, 6.07) is 2.68. The van der Waals surface area contributed by atoms with Gasteiger partial charge in [0.25, 0.3) is 16.5 Å². The fourth-order valence-electron chi connectivity index (χ4n) is 1.65. The molecule has 0 aromatic carbocycles. The Morgan fingerprint density at radius 1 is 1.25 bits per heavy atom. The molecular formula is C15H25F2NO4SSi. The SMILES string of the molecule is CC(C)(C)[Si](C)(C)O[C@H](COS(C)(=O)=O)c1ccc(C(F)F)nc1. The first-order chi connectivity index (χ1) is 10.7. The number of aromatic nitrogens is 1. The van der Waals surface area contributed by atoms with E-state index in [4.69, 9.17) is 8.61 Å². The molecule has 0 aliphatic carbocycles. The molecule has 0 N–H and O–H groups in total. The number of hydrogen-bond acceptors (Lipinski definition) is 5. The van der Waals surface area contributed by atoms with E-state index >= 15 is 0 Å². The molecule has 0 amide bonds. The Morgan fingerprint density at radius 3 is 2.21 bits per heavy atom. The molecular weight excluding hydrogens is 356 g/mol. The van der Waals surface area contributed by atoms with Crippen LogP contribution in [0, 0.1) is 0 Å². The third kappa shape index (κ3) is 6.19. The Morgan fingerprint density at radius 2 is 1.83 bits per heavy atom. The van der Waals surface area contributed by atoms with E-state index in [-0.39, 0.29) is 17.3 Å². The van der Waals surface area contributed by atoms with Gasteiger partial charge in [-0.05, 0) is 24.2 Å². The summed E-state index contributed by atoms with van der Waals surface area (Å²) in [5, 5.41) is -0.104. The maximum absolute atomic E-state index is 12.6. The molecule has 1 aromatic heterocycles. The molecule has 0 spiro atoms. The second kappa shape index (κ2) is 7.55. The van der Waals surface area contributed by atoms with Crippen molar-refractivity contribution in [3.8, 4) is 0 Å². The quantitative estimate of drug-likeness (QED) is 0.526. The molecule has 1 heterocycles. The Hall–Kier alpha value is -0.903. The van der Waals surface area contributed by atoms with Gasteiger partial charge in [-0.25, -0.2) is 8.78 Å². The molecule has 0 aliphatic heterocycles. The van der Waals surface area contributed by atoms with Gasteiger partial charge in [0, 0.05) is 11.8 Å². The van der Waals surface area contributed by atoms with Gasteiger partial charge in [0.2, 0.25) is 0 Å². The van der Waals surface area contributed by atoms with Crippen LogP contribution in [0.4, 0.5) is 8.78 Å². The molecule has 0 saturated heterocycles. The maximum Gasteiger partial charge on any atom is 0.280 e. The van der Waals surface area contributed by atoms with Crippen LogP contribution < -0.4 is 0 Å². The summed E-state index contributed by atoms with van der Waals surface area (Å²) in [5.41, 5.74) is 0.168. The Balaban J connectivity index is 3.09. The minimum atomic E-state index is -3.64. The third-order valence-corrected chi connectivity index (χ3v) is 9.13. The highest BCUT2D eigenvalue weighted by Crippen LogP contribution is 2.39. The zero-order valence-electron chi connectivity index (χ0n) is 14.8. The monoisotopic (exact) mass is 381 g/mol. The van der Waals surface area contributed by atoms with Gasteiger partial charge in [0.15, 0.2) is 8.32 Å². The second-order valence-corrected chi connectivity index (χ2v) is 13.6. The van der Waals surface area contributed by atoms with Gasteiger partial charge in [-0.1, -0.05) is 26.8 Å². The summed E-state index contributed by atoms with van der Waals surface area (Å²) >= 11 is 0. The smallest absolute Gasteiger partial charge is 0.280 e. The van der Waals surface area contributed by atoms with Gasteiger partial charge in [0.1, 0.15) is 5.69 Å². The summed E-state index contributed by atoms with van der Waals surface area (Å²) in [6.07, 6.45) is -1.12. The zero-order valence-corrected chi connectivity index (χ0v) is 16.7. The van der Waals surface area contributed by atoms with Crippen LogP contribution >= 0.6 is 0 Å². The number of nitrogens with zero attached hydrogens (tertiary/aromatic N) is 1. The molecule has 0 bridgehead atoms. The predicted molar refractivity (Wildman–Crippen MR) is 91.0 cm³/mol. The first kappa shape index (κ1) is 21.1. The van der Waals surface area contributed by atoms with Crippen LogP contribution in [0.5, 0.6) is 0 Å². The van der Waals surface area contributed by atoms with Gasteiger partial charge in [-0.3, -0.25) is 9.17 Å². The molecule has 1 atom stereocenters. The molecule has 0 aliphatic rings. The first-order valence-electron chi connectivity index (χ1n) is 7.49. The maximum atomic E-state index is 12.6. The van der Waals surface area contributed by atoms with Gasteiger partial charge >= 0.3 is 0 Å². The molecule has 9 heteroatoms. The fourth-order valence-corrected chi connectivity index (χ4v) is 3.29. The van der Waals surface area contributed by atoms with E-state index in [1.807, 2.05) is 33.9 Å². The van der Waals surface area contributed by atoms with E-state index in [1.54, 1.807) is 0 Å². The summed E-state index contributed by atoms with van der Waals surface area (Å²) in [6.45, 7) is 9.95. The normalized spacial score (nSPS) is 14.9. The summed E-state index contributed by atoms with van der Waals surface area (Å²) in [5.74, 6) is 0. The van der Waals surface area contributed by atoms with E-state index in [0.29, 0.717) is 5.56 Å². The van der Waals surface area contributed by atoms with Crippen molar-refractivity contribution in [2.75, 3.05) is 12.9 Å². The lowest BCUT2D eigenvalue weighted by Crippen LogP contribution is -2.42. The van der Waals surface area contributed by atoms with Gasteiger partial charge in [0.05, 0.1) is 19.0 Å². The molecule has 1 aromatic rings. The van der Waals surface area contributed by atoms with Crippen molar-refractivity contribution in [3.05, 3.63) is 29.6 Å². The van der Waals surface area contributed by atoms with Crippen LogP contribution in [-0.4, -0.2) is 34.6 Å². The number of halogens is 2. The van der Waals surface area contributed by atoms with E-state index in [1.165, 1.54) is 18.3 Å². The molecule has 138 valence electrons. The average molecular weight is 382 g/mol. The topological polar surface area (TPSA) is 65.5 Å². The van der Waals surface area contributed by atoms with Crippen molar-refractivity contribution in [2.24, 2.45) is 0 Å². The van der Waals surface area contributed by atoms with Crippen molar-refractivity contribution < 1.29 is 25.8 Å². The van der Waals surface area contributed by atoms with E-state index in [2.05, 4.69) is 4.98 Å². The highest BCUT2D eigenvalue weighted by atomic mass is 32.2. The lowest BCUT2D eigenvalue weighted by atomic mass is 10.1. The molecule has 24 heavy (non-hydrogen) atoms. The molecule has 5 nitrogen and oxygen atoms in total. The molecule has 0 unspecified atom stereocenters. The Bertz CT molecular complexity index is 642. The number of pyridine rings is 1.